The van der Waals surface area contributed by atoms with Gasteiger partial charge < -0.3 is 14.7 Å². The van der Waals surface area contributed by atoms with Crippen molar-refractivity contribution >= 4 is 17.7 Å². The van der Waals surface area contributed by atoms with Crippen LogP contribution in [0.15, 0.2) is 0 Å². The molecule has 0 aromatic rings. The zero-order chi connectivity index (χ0) is 13.0. The third-order valence-electron chi connectivity index (χ3n) is 4.17. The highest BCUT2D eigenvalue weighted by Gasteiger charge is 2.39. The molecule has 0 amide bonds. The van der Waals surface area contributed by atoms with Crippen molar-refractivity contribution in [1.29, 1.82) is 0 Å². The summed E-state index contributed by atoms with van der Waals surface area (Å²) in [5.41, 5.74) is 0.0889. The van der Waals surface area contributed by atoms with E-state index in [2.05, 4.69) is 4.90 Å². The Morgan fingerprint density at radius 1 is 1.50 bits per heavy atom. The molecule has 2 aliphatic heterocycles. The molecule has 2 aliphatic rings. The van der Waals surface area contributed by atoms with Gasteiger partial charge in [0.05, 0.1) is 12.0 Å². The Bertz CT molecular complexity index is 286. The number of ether oxygens (including phenoxy) is 1. The molecule has 2 saturated heterocycles. The number of hydrogen-bond donors (Lipinski definition) is 1. The van der Waals surface area contributed by atoms with Crippen LogP contribution in [0.1, 0.15) is 32.1 Å². The van der Waals surface area contributed by atoms with Gasteiger partial charge in [0, 0.05) is 19.2 Å². The maximum atomic E-state index is 10.6. The Morgan fingerprint density at radius 2 is 2.22 bits per heavy atom. The topological polar surface area (TPSA) is 49.8 Å². The number of carboxylic acids is 1. The van der Waals surface area contributed by atoms with Crippen LogP contribution in [0, 0.1) is 0 Å². The van der Waals surface area contributed by atoms with Crippen molar-refractivity contribution in [3.63, 3.8) is 0 Å². The number of hydrogen-bond acceptors (Lipinski definition) is 4. The summed E-state index contributed by atoms with van der Waals surface area (Å²) < 4.78 is 6.06. The Kier molecular flexibility index (Phi) is 4.92. The zero-order valence-electron chi connectivity index (χ0n) is 11.1. The first kappa shape index (κ1) is 14.2. The molecule has 4 nitrogen and oxygen atoms in total. The van der Waals surface area contributed by atoms with Gasteiger partial charge in [-0.05, 0) is 44.2 Å². The number of aliphatic carboxylic acids is 1. The zero-order valence-corrected chi connectivity index (χ0v) is 11.9. The summed E-state index contributed by atoms with van der Waals surface area (Å²) in [6.07, 6.45) is 4.65. The SMILES string of the molecule is CN(CCC(=O)O)C1CCOC2(CCSCC2)C1. The average molecular weight is 273 g/mol. The summed E-state index contributed by atoms with van der Waals surface area (Å²) in [5.74, 6) is 1.69. The molecule has 18 heavy (non-hydrogen) atoms. The van der Waals surface area contributed by atoms with E-state index >= 15 is 0 Å². The minimum atomic E-state index is -0.710. The maximum Gasteiger partial charge on any atom is 0.304 e. The lowest BCUT2D eigenvalue weighted by molar-refractivity contribution is -0.138. The van der Waals surface area contributed by atoms with Crippen LogP contribution in [0.2, 0.25) is 0 Å². The van der Waals surface area contributed by atoms with Crippen LogP contribution in [0.25, 0.3) is 0 Å². The number of carboxylic acid groups (broad SMARTS) is 1. The maximum absolute atomic E-state index is 10.6. The van der Waals surface area contributed by atoms with Gasteiger partial charge in [-0.25, -0.2) is 0 Å². The summed E-state index contributed by atoms with van der Waals surface area (Å²) in [7, 11) is 2.05. The van der Waals surface area contributed by atoms with E-state index in [0.29, 0.717) is 12.6 Å². The van der Waals surface area contributed by atoms with E-state index in [1.54, 1.807) is 0 Å². The van der Waals surface area contributed by atoms with Crippen molar-refractivity contribution in [3.05, 3.63) is 0 Å². The minimum absolute atomic E-state index is 0.0889. The summed E-state index contributed by atoms with van der Waals surface area (Å²) in [6, 6.07) is 0.487. The quantitative estimate of drug-likeness (QED) is 0.847. The Hall–Kier alpha value is -0.260. The van der Waals surface area contributed by atoms with Gasteiger partial charge in [0.15, 0.2) is 0 Å². The van der Waals surface area contributed by atoms with Crippen molar-refractivity contribution in [2.75, 3.05) is 31.7 Å². The highest BCUT2D eigenvalue weighted by atomic mass is 32.2. The molecule has 0 aromatic carbocycles. The van der Waals surface area contributed by atoms with E-state index in [0.717, 1.165) is 32.3 Å². The molecule has 0 aliphatic carbocycles. The van der Waals surface area contributed by atoms with Gasteiger partial charge in [-0.3, -0.25) is 4.79 Å². The summed E-state index contributed by atoms with van der Waals surface area (Å²) >= 11 is 2.01. The number of rotatable bonds is 4. The molecule has 1 unspecified atom stereocenters. The molecule has 0 radical (unpaired) electrons. The lowest BCUT2D eigenvalue weighted by Crippen LogP contribution is -2.49. The number of carbonyl (C=O) groups is 1. The van der Waals surface area contributed by atoms with Crippen LogP contribution < -0.4 is 0 Å². The molecule has 1 N–H and O–H groups in total. The first-order valence-electron chi connectivity index (χ1n) is 6.75. The minimum Gasteiger partial charge on any atom is -0.481 e. The van der Waals surface area contributed by atoms with E-state index in [9.17, 15) is 4.79 Å². The van der Waals surface area contributed by atoms with E-state index in [1.165, 1.54) is 11.5 Å². The molecule has 104 valence electrons. The van der Waals surface area contributed by atoms with Gasteiger partial charge in [0.1, 0.15) is 0 Å². The summed E-state index contributed by atoms with van der Waals surface area (Å²) in [4.78, 5) is 12.8. The first-order valence-corrected chi connectivity index (χ1v) is 7.90. The highest BCUT2D eigenvalue weighted by Crippen LogP contribution is 2.38. The highest BCUT2D eigenvalue weighted by molar-refractivity contribution is 7.99. The molecule has 1 spiro atoms. The molecule has 0 aromatic heterocycles. The van der Waals surface area contributed by atoms with Crippen molar-refractivity contribution in [3.8, 4) is 0 Å². The number of nitrogens with zero attached hydrogens (tertiary/aromatic N) is 1. The average Bonchev–Trinajstić information content (AvgIpc) is 2.37. The fraction of sp³-hybridized carbons (Fsp3) is 0.923. The number of thioether (sulfide) groups is 1. The van der Waals surface area contributed by atoms with E-state index in [-0.39, 0.29) is 12.0 Å². The predicted octanol–water partition coefficient (Wildman–Crippen LogP) is 1.84. The van der Waals surface area contributed by atoms with Crippen LogP contribution >= 0.6 is 11.8 Å². The lowest BCUT2D eigenvalue weighted by Gasteiger charge is -2.45. The summed E-state index contributed by atoms with van der Waals surface area (Å²) in [6.45, 7) is 1.47. The standard InChI is InChI=1S/C13H23NO3S/c1-14(6-2-12(15)16)11-3-7-17-13(10-11)4-8-18-9-5-13/h11H,2-10H2,1H3,(H,15,16). The second kappa shape index (κ2) is 6.26. The largest absolute Gasteiger partial charge is 0.481 e. The fourth-order valence-corrected chi connectivity index (χ4v) is 4.16. The van der Waals surface area contributed by atoms with Gasteiger partial charge >= 0.3 is 5.97 Å². The van der Waals surface area contributed by atoms with Gasteiger partial charge in [-0.15, -0.1) is 0 Å². The second-order valence-corrected chi connectivity index (χ2v) is 6.64. The smallest absolute Gasteiger partial charge is 0.304 e. The van der Waals surface area contributed by atoms with Crippen LogP contribution in [0.4, 0.5) is 0 Å². The predicted molar refractivity (Wildman–Crippen MR) is 73.1 cm³/mol. The van der Waals surface area contributed by atoms with E-state index in [4.69, 9.17) is 9.84 Å². The molecule has 0 saturated carbocycles. The third kappa shape index (κ3) is 3.62. The Labute approximate surface area is 113 Å². The molecule has 0 bridgehead atoms. The van der Waals surface area contributed by atoms with Crippen molar-refractivity contribution in [1.82, 2.24) is 4.90 Å². The fourth-order valence-electron chi connectivity index (χ4n) is 2.92. The van der Waals surface area contributed by atoms with Gasteiger partial charge in [0.2, 0.25) is 0 Å². The first-order chi connectivity index (χ1) is 8.61. The van der Waals surface area contributed by atoms with Crippen LogP contribution in [-0.4, -0.2) is 59.3 Å². The van der Waals surface area contributed by atoms with E-state index in [1.807, 2.05) is 18.8 Å². The molecule has 2 heterocycles. The van der Waals surface area contributed by atoms with Crippen LogP contribution in [0.5, 0.6) is 0 Å². The summed E-state index contributed by atoms with van der Waals surface area (Å²) in [5, 5.41) is 8.75. The van der Waals surface area contributed by atoms with Crippen LogP contribution in [-0.2, 0) is 9.53 Å². The molecular weight excluding hydrogens is 250 g/mol. The Balaban J connectivity index is 1.87. The van der Waals surface area contributed by atoms with E-state index < -0.39 is 5.97 Å². The Morgan fingerprint density at radius 3 is 2.89 bits per heavy atom. The monoisotopic (exact) mass is 273 g/mol. The van der Waals surface area contributed by atoms with Crippen molar-refractivity contribution < 1.29 is 14.6 Å². The molecule has 2 rings (SSSR count). The van der Waals surface area contributed by atoms with Crippen molar-refractivity contribution in [2.45, 2.75) is 43.7 Å². The molecular formula is C13H23NO3S. The van der Waals surface area contributed by atoms with Crippen LogP contribution in [0.3, 0.4) is 0 Å². The third-order valence-corrected chi connectivity index (χ3v) is 5.16. The second-order valence-electron chi connectivity index (χ2n) is 5.41. The molecule has 1 atom stereocenters. The van der Waals surface area contributed by atoms with Gasteiger partial charge in [0.25, 0.3) is 0 Å². The molecule has 2 fully saturated rings. The van der Waals surface area contributed by atoms with Gasteiger partial charge in [-0.2, -0.15) is 11.8 Å². The van der Waals surface area contributed by atoms with Gasteiger partial charge in [-0.1, -0.05) is 0 Å². The normalized spacial score (nSPS) is 27.6. The molecule has 5 heteroatoms. The lowest BCUT2D eigenvalue weighted by atomic mass is 9.85. The van der Waals surface area contributed by atoms with Crippen molar-refractivity contribution in [2.24, 2.45) is 0 Å².